The number of hydrogen-bond acceptors (Lipinski definition) is 3. The Labute approximate surface area is 112 Å². The molecule has 5 heteroatoms. The molecule has 0 radical (unpaired) electrons. The molecule has 1 aromatic carbocycles. The largest absolute Gasteiger partial charge is 0.384 e. The average molecular weight is 313 g/mol. The van der Waals surface area contributed by atoms with Crippen molar-refractivity contribution >= 4 is 33.5 Å². The summed E-state index contributed by atoms with van der Waals surface area (Å²) in [5, 5.41) is 0. The predicted molar refractivity (Wildman–Crippen MR) is 72.3 cm³/mol. The second-order valence-electron chi connectivity index (χ2n) is 3.49. The van der Waals surface area contributed by atoms with Gasteiger partial charge in [-0.05, 0) is 35.9 Å². The van der Waals surface area contributed by atoms with E-state index in [0.717, 1.165) is 14.9 Å². The van der Waals surface area contributed by atoms with Gasteiger partial charge in [-0.25, -0.2) is 9.37 Å². The van der Waals surface area contributed by atoms with Crippen molar-refractivity contribution in [2.24, 2.45) is 0 Å². The van der Waals surface area contributed by atoms with E-state index in [1.165, 1.54) is 12.1 Å². The molecule has 0 bridgehead atoms. The van der Waals surface area contributed by atoms with Crippen LogP contribution in [0, 0.1) is 5.82 Å². The normalized spacial score (nSPS) is 10.5. The standard InChI is InChI=1S/C12H10BrFN2S/c13-9-3-8(4-10(14)5-9)7-17-11-1-2-12(15)16-6-11/h1-6H,7H2,(H2,15,16). The van der Waals surface area contributed by atoms with Gasteiger partial charge in [0.2, 0.25) is 0 Å². The van der Waals surface area contributed by atoms with E-state index in [2.05, 4.69) is 20.9 Å². The average Bonchev–Trinajstić information content (AvgIpc) is 2.27. The molecule has 0 unspecified atom stereocenters. The van der Waals surface area contributed by atoms with Crippen molar-refractivity contribution in [3.8, 4) is 0 Å². The van der Waals surface area contributed by atoms with Gasteiger partial charge >= 0.3 is 0 Å². The van der Waals surface area contributed by atoms with Gasteiger partial charge in [-0.15, -0.1) is 11.8 Å². The fraction of sp³-hybridized carbons (Fsp3) is 0.0833. The maximum absolute atomic E-state index is 13.1. The smallest absolute Gasteiger partial charge is 0.124 e. The molecule has 1 heterocycles. The summed E-state index contributed by atoms with van der Waals surface area (Å²) in [4.78, 5) is 5.01. The SMILES string of the molecule is Nc1ccc(SCc2cc(F)cc(Br)c2)cn1. The number of nitrogens with two attached hydrogens (primary N) is 1. The Balaban J connectivity index is 2.04. The van der Waals surface area contributed by atoms with Crippen molar-refractivity contribution in [2.45, 2.75) is 10.6 Å². The number of nitrogens with zero attached hydrogens (tertiary/aromatic N) is 1. The van der Waals surface area contributed by atoms with E-state index in [4.69, 9.17) is 5.73 Å². The van der Waals surface area contributed by atoms with Crippen molar-refractivity contribution in [1.82, 2.24) is 4.98 Å². The van der Waals surface area contributed by atoms with E-state index in [9.17, 15) is 4.39 Å². The summed E-state index contributed by atoms with van der Waals surface area (Å²) in [5.74, 6) is 0.968. The van der Waals surface area contributed by atoms with Crippen LogP contribution in [0.1, 0.15) is 5.56 Å². The molecule has 17 heavy (non-hydrogen) atoms. The lowest BCUT2D eigenvalue weighted by atomic mass is 10.2. The Morgan fingerprint density at radius 3 is 2.76 bits per heavy atom. The second-order valence-corrected chi connectivity index (χ2v) is 5.45. The van der Waals surface area contributed by atoms with Crippen LogP contribution in [-0.2, 0) is 5.75 Å². The minimum absolute atomic E-state index is 0.231. The fourth-order valence-corrected chi connectivity index (χ4v) is 2.64. The van der Waals surface area contributed by atoms with Crippen LogP contribution < -0.4 is 5.73 Å². The van der Waals surface area contributed by atoms with Gasteiger partial charge < -0.3 is 5.73 Å². The zero-order valence-corrected chi connectivity index (χ0v) is 11.3. The summed E-state index contributed by atoms with van der Waals surface area (Å²) < 4.78 is 13.9. The number of nitrogen functional groups attached to an aromatic ring is 1. The fourth-order valence-electron chi connectivity index (χ4n) is 1.34. The van der Waals surface area contributed by atoms with E-state index in [0.29, 0.717) is 11.6 Å². The number of hydrogen-bond donors (Lipinski definition) is 1. The summed E-state index contributed by atoms with van der Waals surface area (Å²) in [6, 6.07) is 8.54. The van der Waals surface area contributed by atoms with Crippen LogP contribution in [0.15, 0.2) is 45.9 Å². The molecule has 0 amide bonds. The highest BCUT2D eigenvalue weighted by molar-refractivity contribution is 9.10. The Morgan fingerprint density at radius 1 is 1.29 bits per heavy atom. The Bertz CT molecular complexity index is 496. The van der Waals surface area contributed by atoms with E-state index >= 15 is 0 Å². The maximum Gasteiger partial charge on any atom is 0.124 e. The quantitative estimate of drug-likeness (QED) is 0.875. The van der Waals surface area contributed by atoms with E-state index < -0.39 is 0 Å². The second kappa shape index (κ2) is 5.51. The molecule has 0 atom stereocenters. The third kappa shape index (κ3) is 3.71. The first-order chi connectivity index (χ1) is 8.13. The number of benzene rings is 1. The highest BCUT2D eigenvalue weighted by atomic mass is 79.9. The molecule has 88 valence electrons. The molecule has 0 aliphatic heterocycles. The van der Waals surface area contributed by atoms with E-state index in [-0.39, 0.29) is 5.82 Å². The van der Waals surface area contributed by atoms with Gasteiger partial charge in [-0.1, -0.05) is 15.9 Å². The number of rotatable bonds is 3. The van der Waals surface area contributed by atoms with Crippen LogP contribution >= 0.6 is 27.7 Å². The molecule has 0 saturated carbocycles. The molecule has 1 aromatic heterocycles. The topological polar surface area (TPSA) is 38.9 Å². The van der Waals surface area contributed by atoms with Crippen LogP contribution in [-0.4, -0.2) is 4.98 Å². The zero-order chi connectivity index (χ0) is 12.3. The Morgan fingerprint density at radius 2 is 2.12 bits per heavy atom. The van der Waals surface area contributed by atoms with Crippen molar-refractivity contribution in [2.75, 3.05) is 5.73 Å². The van der Waals surface area contributed by atoms with Crippen molar-refractivity contribution in [1.29, 1.82) is 0 Å². The lowest BCUT2D eigenvalue weighted by molar-refractivity contribution is 0.625. The Kier molecular flexibility index (Phi) is 4.02. The van der Waals surface area contributed by atoms with Gasteiger partial charge in [0.1, 0.15) is 11.6 Å². The van der Waals surface area contributed by atoms with Gasteiger partial charge in [0, 0.05) is 21.3 Å². The summed E-state index contributed by atoms with van der Waals surface area (Å²) in [6.45, 7) is 0. The number of halogens is 2. The van der Waals surface area contributed by atoms with Gasteiger partial charge in [0.05, 0.1) is 0 Å². The zero-order valence-electron chi connectivity index (χ0n) is 8.86. The predicted octanol–water partition coefficient (Wildman–Crippen LogP) is 3.86. The third-order valence-corrected chi connectivity index (χ3v) is 3.60. The highest BCUT2D eigenvalue weighted by Gasteiger charge is 2.01. The van der Waals surface area contributed by atoms with Gasteiger partial charge in [-0.2, -0.15) is 0 Å². The van der Waals surface area contributed by atoms with Crippen LogP contribution in [0.25, 0.3) is 0 Å². The maximum atomic E-state index is 13.1. The first-order valence-corrected chi connectivity index (χ1v) is 6.70. The Hall–Kier alpha value is -1.07. The molecular formula is C12H10BrFN2S. The van der Waals surface area contributed by atoms with Crippen molar-refractivity contribution in [3.05, 3.63) is 52.4 Å². The number of aromatic nitrogens is 1. The van der Waals surface area contributed by atoms with Crippen molar-refractivity contribution < 1.29 is 4.39 Å². The minimum Gasteiger partial charge on any atom is -0.384 e. The molecular weight excluding hydrogens is 303 g/mol. The van der Waals surface area contributed by atoms with Crippen LogP contribution in [0.3, 0.4) is 0 Å². The van der Waals surface area contributed by atoms with Crippen molar-refractivity contribution in [3.63, 3.8) is 0 Å². The summed E-state index contributed by atoms with van der Waals surface area (Å²) in [5.41, 5.74) is 6.43. The monoisotopic (exact) mass is 312 g/mol. The molecule has 0 saturated heterocycles. The summed E-state index contributed by atoms with van der Waals surface area (Å²) in [6.07, 6.45) is 1.72. The molecule has 2 rings (SSSR count). The molecule has 0 aliphatic rings. The lowest BCUT2D eigenvalue weighted by Gasteiger charge is -2.03. The van der Waals surface area contributed by atoms with E-state index in [1.54, 1.807) is 24.0 Å². The lowest BCUT2D eigenvalue weighted by Crippen LogP contribution is -1.88. The van der Waals surface area contributed by atoms with Crippen LogP contribution in [0.2, 0.25) is 0 Å². The van der Waals surface area contributed by atoms with Crippen LogP contribution in [0.5, 0.6) is 0 Å². The van der Waals surface area contributed by atoms with Gasteiger partial charge in [-0.3, -0.25) is 0 Å². The summed E-state index contributed by atoms with van der Waals surface area (Å²) >= 11 is 4.86. The van der Waals surface area contributed by atoms with E-state index in [1.807, 2.05) is 12.1 Å². The number of anilines is 1. The first-order valence-electron chi connectivity index (χ1n) is 4.93. The third-order valence-electron chi connectivity index (χ3n) is 2.09. The molecule has 2 nitrogen and oxygen atoms in total. The molecule has 2 aromatic rings. The number of pyridine rings is 1. The molecule has 0 aliphatic carbocycles. The minimum atomic E-state index is -0.231. The number of thioether (sulfide) groups is 1. The summed E-state index contributed by atoms with van der Waals surface area (Å²) in [7, 11) is 0. The molecule has 0 spiro atoms. The first kappa shape index (κ1) is 12.4. The molecule has 2 N–H and O–H groups in total. The molecule has 0 fully saturated rings. The van der Waals surface area contributed by atoms with Gasteiger partial charge in [0.15, 0.2) is 0 Å². The van der Waals surface area contributed by atoms with Gasteiger partial charge in [0.25, 0.3) is 0 Å². The highest BCUT2D eigenvalue weighted by Crippen LogP contribution is 2.24. The van der Waals surface area contributed by atoms with Crippen LogP contribution in [0.4, 0.5) is 10.2 Å².